The number of nitrogens with one attached hydrogen (secondary N) is 2. The first kappa shape index (κ1) is 19.0. The molecule has 1 amide bonds. The van der Waals surface area contributed by atoms with Crippen molar-refractivity contribution >= 4 is 18.3 Å². The highest BCUT2D eigenvalue weighted by Gasteiger charge is 2.12. The van der Waals surface area contributed by atoms with Crippen LogP contribution in [0.15, 0.2) is 16.5 Å². The molecule has 0 unspecified atom stereocenters. The number of halogens is 1. The minimum Gasteiger partial charge on any atom is -0.453 e. The molecule has 6 heteroatoms. The Morgan fingerprint density at radius 2 is 1.95 bits per heavy atom. The quantitative estimate of drug-likeness (QED) is 0.596. The van der Waals surface area contributed by atoms with Crippen LogP contribution in [-0.2, 0) is 11.3 Å². The van der Waals surface area contributed by atoms with E-state index in [2.05, 4.69) is 10.6 Å². The number of carbonyl (C=O) groups excluding carboxylic acids is 1. The molecule has 1 heterocycles. The number of methoxy groups -OCH3 is 1. The van der Waals surface area contributed by atoms with Gasteiger partial charge in [-0.05, 0) is 25.0 Å². The van der Waals surface area contributed by atoms with E-state index in [0.717, 1.165) is 6.54 Å². The van der Waals surface area contributed by atoms with Crippen LogP contribution in [0.3, 0.4) is 0 Å². The third-order valence-electron chi connectivity index (χ3n) is 3.87. The standard InChI is InChI=1S/C16H26N2O3.ClH/c1-20-12-14-8-9-15(21-14)16(19)18-11-10-17-13-6-4-2-3-5-7-13;/h8-9,13,17H,2-7,10-12H2,1H3,(H,18,19);1H. The number of rotatable bonds is 7. The summed E-state index contributed by atoms with van der Waals surface area (Å²) in [6, 6.07) is 4.06. The fourth-order valence-corrected chi connectivity index (χ4v) is 2.74. The Hall–Kier alpha value is -1.04. The Kier molecular flexibility index (Phi) is 9.20. The second-order valence-electron chi connectivity index (χ2n) is 5.60. The molecule has 0 radical (unpaired) electrons. The summed E-state index contributed by atoms with van der Waals surface area (Å²) >= 11 is 0. The van der Waals surface area contributed by atoms with Crippen LogP contribution in [0.4, 0.5) is 0 Å². The SMILES string of the molecule is COCc1ccc(C(=O)NCCNC2CCCCCC2)o1.Cl. The summed E-state index contributed by atoms with van der Waals surface area (Å²) in [6.45, 7) is 1.81. The Labute approximate surface area is 138 Å². The van der Waals surface area contributed by atoms with Crippen LogP contribution in [0.5, 0.6) is 0 Å². The van der Waals surface area contributed by atoms with Gasteiger partial charge in [-0.1, -0.05) is 25.7 Å². The van der Waals surface area contributed by atoms with Crippen molar-refractivity contribution in [3.63, 3.8) is 0 Å². The lowest BCUT2D eigenvalue weighted by molar-refractivity contribution is 0.0917. The molecule has 1 aromatic heterocycles. The van der Waals surface area contributed by atoms with Crippen LogP contribution in [0.1, 0.15) is 54.8 Å². The third-order valence-corrected chi connectivity index (χ3v) is 3.87. The van der Waals surface area contributed by atoms with E-state index >= 15 is 0 Å². The van der Waals surface area contributed by atoms with Gasteiger partial charge < -0.3 is 19.8 Å². The van der Waals surface area contributed by atoms with Gasteiger partial charge in [0.05, 0.1) is 0 Å². The van der Waals surface area contributed by atoms with Crippen LogP contribution in [-0.4, -0.2) is 32.1 Å². The van der Waals surface area contributed by atoms with E-state index in [4.69, 9.17) is 9.15 Å². The van der Waals surface area contributed by atoms with Crippen molar-refractivity contribution in [2.45, 2.75) is 51.2 Å². The van der Waals surface area contributed by atoms with Crippen molar-refractivity contribution < 1.29 is 13.9 Å². The number of hydrogen-bond donors (Lipinski definition) is 2. The predicted octanol–water partition coefficient (Wildman–Crippen LogP) is 2.89. The smallest absolute Gasteiger partial charge is 0.287 e. The van der Waals surface area contributed by atoms with Crippen molar-refractivity contribution in [3.8, 4) is 0 Å². The Morgan fingerprint density at radius 3 is 2.64 bits per heavy atom. The maximum atomic E-state index is 11.9. The van der Waals surface area contributed by atoms with Crippen LogP contribution < -0.4 is 10.6 Å². The van der Waals surface area contributed by atoms with E-state index in [1.54, 1.807) is 19.2 Å². The number of carbonyl (C=O) groups is 1. The molecule has 1 aliphatic carbocycles. The number of hydrogen-bond acceptors (Lipinski definition) is 4. The molecule has 0 aromatic carbocycles. The highest BCUT2D eigenvalue weighted by Crippen LogP contribution is 2.16. The molecular weight excluding hydrogens is 304 g/mol. The van der Waals surface area contributed by atoms with E-state index in [9.17, 15) is 4.79 Å². The monoisotopic (exact) mass is 330 g/mol. The topological polar surface area (TPSA) is 63.5 Å². The van der Waals surface area contributed by atoms with Gasteiger partial charge in [0.25, 0.3) is 5.91 Å². The molecule has 0 atom stereocenters. The Bertz CT molecular complexity index is 429. The molecule has 22 heavy (non-hydrogen) atoms. The van der Waals surface area contributed by atoms with Crippen LogP contribution in [0, 0.1) is 0 Å². The van der Waals surface area contributed by atoms with E-state index in [1.807, 2.05) is 0 Å². The summed E-state index contributed by atoms with van der Waals surface area (Å²) in [4.78, 5) is 11.9. The molecule has 0 saturated heterocycles. The van der Waals surface area contributed by atoms with Gasteiger partial charge in [-0.15, -0.1) is 12.4 Å². The molecule has 1 aromatic rings. The van der Waals surface area contributed by atoms with Crippen molar-refractivity contribution in [2.75, 3.05) is 20.2 Å². The summed E-state index contributed by atoms with van der Waals surface area (Å²) in [5.74, 6) is 0.843. The maximum absolute atomic E-state index is 11.9. The van der Waals surface area contributed by atoms with Crippen LogP contribution >= 0.6 is 12.4 Å². The van der Waals surface area contributed by atoms with Gasteiger partial charge in [0.15, 0.2) is 5.76 Å². The van der Waals surface area contributed by atoms with Gasteiger partial charge in [-0.3, -0.25) is 4.79 Å². The van der Waals surface area contributed by atoms with Gasteiger partial charge in [-0.2, -0.15) is 0 Å². The van der Waals surface area contributed by atoms with Crippen molar-refractivity contribution in [3.05, 3.63) is 23.7 Å². The lowest BCUT2D eigenvalue weighted by Crippen LogP contribution is -2.36. The largest absolute Gasteiger partial charge is 0.453 e. The van der Waals surface area contributed by atoms with Gasteiger partial charge in [0, 0.05) is 26.2 Å². The first-order valence-electron chi connectivity index (χ1n) is 7.89. The zero-order chi connectivity index (χ0) is 14.9. The minimum absolute atomic E-state index is 0. The normalized spacial score (nSPS) is 15.9. The molecule has 0 aliphatic heterocycles. The predicted molar refractivity (Wildman–Crippen MR) is 88.5 cm³/mol. The molecule has 0 bridgehead atoms. The average Bonchev–Trinajstić information content (AvgIpc) is 2.80. The van der Waals surface area contributed by atoms with Crippen molar-refractivity contribution in [2.24, 2.45) is 0 Å². The molecule has 1 fully saturated rings. The van der Waals surface area contributed by atoms with Crippen molar-refractivity contribution in [1.29, 1.82) is 0 Å². The fourth-order valence-electron chi connectivity index (χ4n) is 2.74. The summed E-state index contributed by atoms with van der Waals surface area (Å²) < 4.78 is 10.4. The highest BCUT2D eigenvalue weighted by atomic mass is 35.5. The first-order valence-corrected chi connectivity index (χ1v) is 7.89. The minimum atomic E-state index is -0.167. The van der Waals surface area contributed by atoms with E-state index < -0.39 is 0 Å². The van der Waals surface area contributed by atoms with Crippen LogP contribution in [0.2, 0.25) is 0 Å². The van der Waals surface area contributed by atoms with Gasteiger partial charge in [-0.25, -0.2) is 0 Å². The second kappa shape index (κ2) is 10.6. The van der Waals surface area contributed by atoms with Crippen molar-refractivity contribution in [1.82, 2.24) is 10.6 Å². The Morgan fingerprint density at radius 1 is 1.23 bits per heavy atom. The lowest BCUT2D eigenvalue weighted by Gasteiger charge is -2.16. The summed E-state index contributed by atoms with van der Waals surface area (Å²) in [6.07, 6.45) is 7.87. The van der Waals surface area contributed by atoms with Gasteiger partial charge >= 0.3 is 0 Å². The molecule has 2 N–H and O–H groups in total. The zero-order valence-electron chi connectivity index (χ0n) is 13.2. The molecular formula is C16H27ClN2O3. The van der Waals surface area contributed by atoms with Gasteiger partial charge in [0.1, 0.15) is 12.4 Å². The maximum Gasteiger partial charge on any atom is 0.287 e. The number of amides is 1. The van der Waals surface area contributed by atoms with E-state index in [-0.39, 0.29) is 18.3 Å². The van der Waals surface area contributed by atoms with Gasteiger partial charge in [0.2, 0.25) is 0 Å². The van der Waals surface area contributed by atoms with E-state index in [1.165, 1.54) is 38.5 Å². The molecule has 1 saturated carbocycles. The summed E-state index contributed by atoms with van der Waals surface area (Å²) in [7, 11) is 1.60. The second-order valence-corrected chi connectivity index (χ2v) is 5.60. The molecule has 126 valence electrons. The fraction of sp³-hybridized carbons (Fsp3) is 0.688. The van der Waals surface area contributed by atoms with E-state index in [0.29, 0.717) is 30.7 Å². The molecule has 0 spiro atoms. The number of furan rings is 1. The molecule has 5 nitrogen and oxygen atoms in total. The summed E-state index contributed by atoms with van der Waals surface area (Å²) in [5.41, 5.74) is 0. The lowest BCUT2D eigenvalue weighted by atomic mass is 10.1. The van der Waals surface area contributed by atoms with Crippen LogP contribution in [0.25, 0.3) is 0 Å². The third kappa shape index (κ3) is 6.38. The summed E-state index contributed by atoms with van der Waals surface area (Å²) in [5, 5.41) is 6.40. The molecule has 1 aliphatic rings. The number of ether oxygens (including phenoxy) is 1. The average molecular weight is 331 g/mol. The Balaban J connectivity index is 0.00000242. The zero-order valence-corrected chi connectivity index (χ0v) is 14.0. The molecule has 2 rings (SSSR count). The highest BCUT2D eigenvalue weighted by molar-refractivity contribution is 5.91. The first-order chi connectivity index (χ1) is 10.3.